The van der Waals surface area contributed by atoms with Gasteiger partial charge in [-0.15, -0.1) is 0 Å². The summed E-state index contributed by atoms with van der Waals surface area (Å²) in [5.41, 5.74) is 7.63. The normalized spacial score (nSPS) is 10.9. The van der Waals surface area contributed by atoms with Crippen molar-refractivity contribution in [1.29, 1.82) is 0 Å². The summed E-state index contributed by atoms with van der Waals surface area (Å²) in [6.45, 7) is 3.52. The summed E-state index contributed by atoms with van der Waals surface area (Å²) in [6.07, 6.45) is 0. The van der Waals surface area contributed by atoms with E-state index < -0.39 is 0 Å². The van der Waals surface area contributed by atoms with Crippen molar-refractivity contribution in [2.45, 2.75) is 13.8 Å². The first-order chi connectivity index (χ1) is 9.54. The number of aromatic nitrogens is 3. The number of nitrogen functional groups attached to an aromatic ring is 1. The number of hydrogen-bond donors (Lipinski definition) is 1. The van der Waals surface area contributed by atoms with Crippen LogP contribution in [-0.4, -0.2) is 15.1 Å². The van der Waals surface area contributed by atoms with Crippen molar-refractivity contribution >= 4 is 16.5 Å². The maximum absolute atomic E-state index is 13.3. The molecule has 0 fully saturated rings. The van der Waals surface area contributed by atoms with Gasteiger partial charge in [0, 0.05) is 5.56 Å². The lowest BCUT2D eigenvalue weighted by atomic mass is 10.1. The van der Waals surface area contributed by atoms with Crippen LogP contribution in [0.15, 0.2) is 22.7 Å². The van der Waals surface area contributed by atoms with Crippen molar-refractivity contribution in [3.05, 3.63) is 35.3 Å². The average molecular weight is 290 g/mol. The largest absolute Gasteiger partial charge is 0.375 e. The first-order valence-corrected chi connectivity index (χ1v) is 6.70. The Morgan fingerprint density at radius 1 is 1.25 bits per heavy atom. The van der Waals surface area contributed by atoms with Crippen LogP contribution in [0.4, 0.5) is 9.52 Å². The van der Waals surface area contributed by atoms with Crippen LogP contribution < -0.4 is 5.73 Å². The summed E-state index contributed by atoms with van der Waals surface area (Å²) in [5, 5.41) is 4.37. The smallest absolute Gasteiger partial charge is 0.270 e. The third kappa shape index (κ3) is 2.16. The molecule has 0 atom stereocenters. The van der Waals surface area contributed by atoms with Gasteiger partial charge in [0.1, 0.15) is 10.7 Å². The lowest BCUT2D eigenvalue weighted by molar-refractivity contribution is 0.433. The van der Waals surface area contributed by atoms with Gasteiger partial charge in [-0.25, -0.2) is 9.37 Å². The molecule has 1 aromatic carbocycles. The van der Waals surface area contributed by atoms with E-state index in [1.807, 2.05) is 6.92 Å². The highest BCUT2D eigenvalue weighted by molar-refractivity contribution is 7.18. The van der Waals surface area contributed by atoms with E-state index in [2.05, 4.69) is 15.1 Å². The molecule has 0 saturated carbocycles. The van der Waals surface area contributed by atoms with Crippen molar-refractivity contribution in [3.63, 3.8) is 0 Å². The monoisotopic (exact) mass is 290 g/mol. The standard InChI is InChI=1S/C13H11FN4OS/c1-6-5-8(3-4-9(6)14)11-17-12(19-18-11)10-7(2)16-13(15)20-10/h3-5H,1-2H3,(H2,15,16). The molecule has 20 heavy (non-hydrogen) atoms. The number of rotatable bonds is 2. The van der Waals surface area contributed by atoms with Crippen LogP contribution in [0.25, 0.3) is 22.2 Å². The predicted molar refractivity (Wildman–Crippen MR) is 74.7 cm³/mol. The van der Waals surface area contributed by atoms with Gasteiger partial charge in [-0.2, -0.15) is 4.98 Å². The molecule has 0 aliphatic carbocycles. The molecule has 7 heteroatoms. The van der Waals surface area contributed by atoms with E-state index in [1.165, 1.54) is 17.4 Å². The van der Waals surface area contributed by atoms with E-state index in [-0.39, 0.29) is 5.82 Å². The van der Waals surface area contributed by atoms with Crippen LogP contribution in [0.5, 0.6) is 0 Å². The summed E-state index contributed by atoms with van der Waals surface area (Å²) in [6, 6.07) is 4.68. The molecule has 0 aliphatic rings. The molecule has 2 N–H and O–H groups in total. The average Bonchev–Trinajstić information content (AvgIpc) is 2.99. The molecular formula is C13H11FN4OS. The highest BCUT2D eigenvalue weighted by Gasteiger charge is 2.16. The molecule has 5 nitrogen and oxygen atoms in total. The van der Waals surface area contributed by atoms with E-state index in [4.69, 9.17) is 10.3 Å². The molecule has 0 radical (unpaired) electrons. The zero-order valence-corrected chi connectivity index (χ0v) is 11.7. The number of thiazole rings is 1. The van der Waals surface area contributed by atoms with Crippen LogP contribution in [0.1, 0.15) is 11.3 Å². The Labute approximate surface area is 118 Å². The van der Waals surface area contributed by atoms with Gasteiger partial charge in [0.05, 0.1) is 5.69 Å². The van der Waals surface area contributed by atoms with Crippen molar-refractivity contribution in [1.82, 2.24) is 15.1 Å². The maximum Gasteiger partial charge on any atom is 0.270 e. The van der Waals surface area contributed by atoms with Gasteiger partial charge >= 0.3 is 0 Å². The van der Waals surface area contributed by atoms with Gasteiger partial charge < -0.3 is 10.3 Å². The van der Waals surface area contributed by atoms with Crippen LogP contribution in [0.2, 0.25) is 0 Å². The van der Waals surface area contributed by atoms with Crippen molar-refractivity contribution in [3.8, 4) is 22.2 Å². The zero-order valence-electron chi connectivity index (χ0n) is 10.8. The summed E-state index contributed by atoms with van der Waals surface area (Å²) in [7, 11) is 0. The number of nitrogens with two attached hydrogens (primary N) is 1. The van der Waals surface area contributed by atoms with Crippen LogP contribution in [0.3, 0.4) is 0 Å². The highest BCUT2D eigenvalue weighted by atomic mass is 32.1. The Kier molecular flexibility index (Phi) is 2.98. The summed E-state index contributed by atoms with van der Waals surface area (Å²) in [4.78, 5) is 9.17. The van der Waals surface area contributed by atoms with Crippen molar-refractivity contribution in [2.75, 3.05) is 5.73 Å². The van der Waals surface area contributed by atoms with Gasteiger partial charge in [0.15, 0.2) is 5.13 Å². The SMILES string of the molecule is Cc1cc(-c2noc(-c3sc(N)nc3C)n2)ccc1F. The van der Waals surface area contributed by atoms with E-state index >= 15 is 0 Å². The molecule has 102 valence electrons. The van der Waals surface area contributed by atoms with E-state index in [1.54, 1.807) is 19.1 Å². The fourth-order valence-corrected chi connectivity index (χ4v) is 2.59. The minimum absolute atomic E-state index is 0.261. The summed E-state index contributed by atoms with van der Waals surface area (Å²) in [5.74, 6) is 0.520. The molecule has 0 saturated heterocycles. The topological polar surface area (TPSA) is 77.8 Å². The van der Waals surface area contributed by atoms with Gasteiger partial charge in [-0.3, -0.25) is 0 Å². The highest BCUT2D eigenvalue weighted by Crippen LogP contribution is 2.31. The Hall–Kier alpha value is -2.28. The van der Waals surface area contributed by atoms with Gasteiger partial charge in [0.2, 0.25) is 5.82 Å². The van der Waals surface area contributed by atoms with Crippen LogP contribution >= 0.6 is 11.3 Å². The summed E-state index contributed by atoms with van der Waals surface area (Å²) >= 11 is 1.29. The molecule has 2 aromatic heterocycles. The summed E-state index contributed by atoms with van der Waals surface area (Å²) < 4.78 is 18.5. The number of hydrogen-bond acceptors (Lipinski definition) is 6. The number of anilines is 1. The van der Waals surface area contributed by atoms with Crippen LogP contribution in [0, 0.1) is 19.7 Å². The molecule has 2 heterocycles. The fraction of sp³-hybridized carbons (Fsp3) is 0.154. The molecule has 0 amide bonds. The zero-order chi connectivity index (χ0) is 14.3. The van der Waals surface area contributed by atoms with Gasteiger partial charge in [-0.05, 0) is 37.6 Å². The van der Waals surface area contributed by atoms with E-state index in [0.717, 1.165) is 10.6 Å². The predicted octanol–water partition coefficient (Wildman–Crippen LogP) is 3.20. The minimum Gasteiger partial charge on any atom is -0.375 e. The van der Waals surface area contributed by atoms with Gasteiger partial charge in [0.25, 0.3) is 5.89 Å². The number of halogens is 1. The quantitative estimate of drug-likeness (QED) is 0.784. The molecule has 0 unspecified atom stereocenters. The lowest BCUT2D eigenvalue weighted by Gasteiger charge is -1.97. The Balaban J connectivity index is 2.01. The third-order valence-corrected chi connectivity index (χ3v) is 3.82. The molecule has 0 bridgehead atoms. The Morgan fingerprint density at radius 2 is 2.05 bits per heavy atom. The van der Waals surface area contributed by atoms with E-state index in [0.29, 0.717) is 28.0 Å². The number of benzene rings is 1. The first-order valence-electron chi connectivity index (χ1n) is 5.88. The maximum atomic E-state index is 13.3. The molecule has 3 rings (SSSR count). The Bertz CT molecular complexity index is 781. The second-order valence-electron chi connectivity index (χ2n) is 4.35. The second kappa shape index (κ2) is 4.68. The third-order valence-electron chi connectivity index (χ3n) is 2.85. The molecular weight excluding hydrogens is 279 g/mol. The fourth-order valence-electron chi connectivity index (χ4n) is 1.83. The minimum atomic E-state index is -0.261. The van der Waals surface area contributed by atoms with Crippen molar-refractivity contribution < 1.29 is 8.91 Å². The number of aryl methyl sites for hydroxylation is 2. The lowest BCUT2D eigenvalue weighted by Crippen LogP contribution is -1.86. The molecule has 0 spiro atoms. The Morgan fingerprint density at radius 3 is 2.70 bits per heavy atom. The van der Waals surface area contributed by atoms with Gasteiger partial charge in [-0.1, -0.05) is 16.5 Å². The number of nitrogens with zero attached hydrogens (tertiary/aromatic N) is 3. The first kappa shape index (κ1) is 12.7. The molecule has 3 aromatic rings. The van der Waals surface area contributed by atoms with E-state index in [9.17, 15) is 4.39 Å². The van der Waals surface area contributed by atoms with Crippen LogP contribution in [-0.2, 0) is 0 Å². The second-order valence-corrected chi connectivity index (χ2v) is 5.38. The molecule has 0 aliphatic heterocycles. The van der Waals surface area contributed by atoms with Crippen molar-refractivity contribution in [2.24, 2.45) is 0 Å².